The van der Waals surface area contributed by atoms with Crippen molar-refractivity contribution in [2.24, 2.45) is 7.05 Å². The van der Waals surface area contributed by atoms with Gasteiger partial charge >= 0.3 is 0 Å². The van der Waals surface area contributed by atoms with Crippen LogP contribution in [0.2, 0.25) is 0 Å². The summed E-state index contributed by atoms with van der Waals surface area (Å²) in [5.74, 6) is 0.364. The molecule has 0 saturated carbocycles. The van der Waals surface area contributed by atoms with Crippen molar-refractivity contribution in [2.75, 3.05) is 12.4 Å². The van der Waals surface area contributed by atoms with Gasteiger partial charge in [-0.2, -0.15) is 5.10 Å². The van der Waals surface area contributed by atoms with Gasteiger partial charge in [-0.3, -0.25) is 9.59 Å². The highest BCUT2D eigenvalue weighted by molar-refractivity contribution is 5.94. The Kier molecular flexibility index (Phi) is 5.51. The molecule has 0 unspecified atom stereocenters. The summed E-state index contributed by atoms with van der Waals surface area (Å²) in [4.78, 5) is 36.5. The Labute approximate surface area is 199 Å². The molecule has 1 amide bonds. The van der Waals surface area contributed by atoms with Gasteiger partial charge in [-0.15, -0.1) is 5.10 Å². The van der Waals surface area contributed by atoms with E-state index in [2.05, 4.69) is 25.5 Å². The Morgan fingerprint density at radius 3 is 2.80 bits per heavy atom. The van der Waals surface area contributed by atoms with Gasteiger partial charge in [-0.1, -0.05) is 12.1 Å². The number of pyridine rings is 1. The van der Waals surface area contributed by atoms with Crippen molar-refractivity contribution >= 4 is 33.7 Å². The van der Waals surface area contributed by atoms with Gasteiger partial charge in [0.1, 0.15) is 5.39 Å². The number of amides is 1. The minimum absolute atomic E-state index is 0.156. The molecule has 11 heteroatoms. The largest absolute Gasteiger partial charge is 0.479 e. The number of carbonyl (C=O) groups is 1. The number of nitrogens with zero attached hydrogens (tertiary/aromatic N) is 6. The molecule has 0 spiro atoms. The molecule has 0 atom stereocenters. The summed E-state index contributed by atoms with van der Waals surface area (Å²) >= 11 is 0. The molecule has 178 valence electrons. The average Bonchev–Trinajstić information content (AvgIpc) is 3.41. The number of methoxy groups -OCH3 is 1. The van der Waals surface area contributed by atoms with E-state index in [0.717, 1.165) is 27.9 Å². The van der Waals surface area contributed by atoms with E-state index in [4.69, 9.17) is 9.72 Å². The van der Waals surface area contributed by atoms with Crippen LogP contribution in [0.25, 0.3) is 27.8 Å². The van der Waals surface area contributed by atoms with Gasteiger partial charge < -0.3 is 15.0 Å². The summed E-state index contributed by atoms with van der Waals surface area (Å²) in [5, 5.41) is 12.9. The normalized spacial score (nSPS) is 11.3. The fraction of sp³-hybridized carbons (Fsp3) is 0.250. The Bertz CT molecular complexity index is 1650. The maximum absolute atomic E-state index is 13.0. The van der Waals surface area contributed by atoms with Crippen LogP contribution in [0.4, 0.5) is 5.69 Å². The van der Waals surface area contributed by atoms with Crippen LogP contribution >= 0.6 is 0 Å². The van der Waals surface area contributed by atoms with Crippen LogP contribution in [-0.4, -0.2) is 47.5 Å². The molecular weight excluding hydrogens is 448 g/mol. The van der Waals surface area contributed by atoms with E-state index in [0.29, 0.717) is 34.7 Å². The molecular formula is C24H24N8O3. The second-order valence-electron chi connectivity index (χ2n) is 8.22. The number of ether oxygens (including phenoxy) is 1. The molecule has 0 radical (unpaired) electrons. The number of rotatable bonds is 6. The van der Waals surface area contributed by atoms with E-state index in [1.54, 1.807) is 22.5 Å². The molecule has 0 bridgehead atoms. The van der Waals surface area contributed by atoms with Gasteiger partial charge in [0, 0.05) is 19.2 Å². The predicted octanol–water partition coefficient (Wildman–Crippen LogP) is 2.59. The van der Waals surface area contributed by atoms with Crippen LogP contribution in [0.15, 0.2) is 41.6 Å². The summed E-state index contributed by atoms with van der Waals surface area (Å²) in [6, 6.07) is 7.26. The van der Waals surface area contributed by atoms with Crippen molar-refractivity contribution < 1.29 is 9.53 Å². The summed E-state index contributed by atoms with van der Waals surface area (Å²) in [5.41, 5.74) is 4.92. The topological polar surface area (TPSA) is 133 Å². The zero-order chi connectivity index (χ0) is 24.7. The van der Waals surface area contributed by atoms with Crippen molar-refractivity contribution in [1.82, 2.24) is 34.5 Å². The number of H-pyrrole nitrogens is 1. The highest BCUT2D eigenvalue weighted by atomic mass is 16.5. The van der Waals surface area contributed by atoms with Gasteiger partial charge in [0.2, 0.25) is 11.8 Å². The van der Waals surface area contributed by atoms with E-state index in [1.807, 2.05) is 39.1 Å². The number of aryl methyl sites for hydroxylation is 3. The number of carbonyl (C=O) groups excluding carboxylic acids is 1. The zero-order valence-electron chi connectivity index (χ0n) is 19.8. The number of nitrogens with one attached hydrogen (secondary N) is 2. The van der Waals surface area contributed by atoms with Crippen LogP contribution < -0.4 is 15.6 Å². The first-order valence-electron chi connectivity index (χ1n) is 11.1. The van der Waals surface area contributed by atoms with E-state index in [9.17, 15) is 9.59 Å². The fourth-order valence-electron chi connectivity index (χ4n) is 4.36. The van der Waals surface area contributed by atoms with E-state index in [1.165, 1.54) is 12.5 Å². The van der Waals surface area contributed by atoms with Gasteiger partial charge in [0.05, 0.1) is 36.4 Å². The SMILES string of the molecule is COc1nn(C)c2nc(C)c(CCC(=O)Nc3ccccc3-n3ncc4c(=O)[nH]cnc43)c(C)c12. The lowest BCUT2D eigenvalue weighted by Gasteiger charge is -2.13. The van der Waals surface area contributed by atoms with Crippen molar-refractivity contribution in [3.63, 3.8) is 0 Å². The molecule has 2 N–H and O–H groups in total. The molecule has 35 heavy (non-hydrogen) atoms. The van der Waals surface area contributed by atoms with Crippen LogP contribution in [-0.2, 0) is 18.3 Å². The van der Waals surface area contributed by atoms with Gasteiger partial charge in [0.15, 0.2) is 11.3 Å². The minimum atomic E-state index is -0.274. The number of hydrogen-bond donors (Lipinski definition) is 2. The molecule has 0 aliphatic heterocycles. The fourth-order valence-corrected chi connectivity index (χ4v) is 4.36. The van der Waals surface area contributed by atoms with Crippen LogP contribution in [0.1, 0.15) is 23.2 Å². The van der Waals surface area contributed by atoms with Crippen molar-refractivity contribution in [1.29, 1.82) is 0 Å². The Morgan fingerprint density at radius 2 is 2.00 bits per heavy atom. The third kappa shape index (κ3) is 3.80. The van der Waals surface area contributed by atoms with Crippen molar-refractivity contribution in [3.05, 3.63) is 64.0 Å². The first kappa shape index (κ1) is 22.3. The highest BCUT2D eigenvalue weighted by Gasteiger charge is 2.19. The first-order valence-corrected chi connectivity index (χ1v) is 11.1. The molecule has 0 aliphatic carbocycles. The number of anilines is 1. The number of hydrogen-bond acceptors (Lipinski definition) is 7. The lowest BCUT2D eigenvalue weighted by atomic mass is 10.00. The Morgan fingerprint density at radius 1 is 1.20 bits per heavy atom. The second-order valence-corrected chi connectivity index (χ2v) is 8.22. The predicted molar refractivity (Wildman–Crippen MR) is 131 cm³/mol. The lowest BCUT2D eigenvalue weighted by molar-refractivity contribution is -0.116. The standard InChI is InChI=1S/C24H24N8O3/c1-13-15(14(2)28-22-20(13)24(35-4)30-31(22)3)9-10-19(33)29-17-7-5-6-8-18(17)32-21-16(11-27-32)23(34)26-12-25-21/h5-8,11-12H,9-10H2,1-4H3,(H,29,33)(H,25,26,34). The van der Waals surface area contributed by atoms with E-state index >= 15 is 0 Å². The molecule has 5 rings (SSSR count). The number of aromatic nitrogens is 7. The molecule has 0 aliphatic rings. The molecule has 0 fully saturated rings. The number of para-hydroxylation sites is 2. The molecule has 4 aromatic heterocycles. The number of aromatic amines is 1. The molecule has 4 heterocycles. The summed E-state index contributed by atoms with van der Waals surface area (Å²) in [7, 11) is 3.41. The van der Waals surface area contributed by atoms with Crippen molar-refractivity contribution in [3.8, 4) is 11.6 Å². The molecule has 11 nitrogen and oxygen atoms in total. The van der Waals surface area contributed by atoms with E-state index in [-0.39, 0.29) is 17.9 Å². The van der Waals surface area contributed by atoms with Gasteiger partial charge in [-0.25, -0.2) is 19.3 Å². The molecule has 1 aromatic carbocycles. The summed E-state index contributed by atoms with van der Waals surface area (Å²) < 4.78 is 8.67. The average molecular weight is 473 g/mol. The maximum Gasteiger partial charge on any atom is 0.261 e. The first-order chi connectivity index (χ1) is 16.9. The Balaban J connectivity index is 1.40. The zero-order valence-corrected chi connectivity index (χ0v) is 19.8. The van der Waals surface area contributed by atoms with Crippen LogP contribution in [0.3, 0.4) is 0 Å². The third-order valence-corrected chi connectivity index (χ3v) is 6.10. The Hall–Kier alpha value is -4.54. The van der Waals surface area contributed by atoms with Gasteiger partial charge in [0.25, 0.3) is 5.56 Å². The highest BCUT2D eigenvalue weighted by Crippen LogP contribution is 2.30. The van der Waals surface area contributed by atoms with Crippen molar-refractivity contribution in [2.45, 2.75) is 26.7 Å². The maximum atomic E-state index is 13.0. The van der Waals surface area contributed by atoms with Crippen LogP contribution in [0, 0.1) is 13.8 Å². The second kappa shape index (κ2) is 8.67. The third-order valence-electron chi connectivity index (χ3n) is 6.10. The smallest absolute Gasteiger partial charge is 0.261 e. The van der Waals surface area contributed by atoms with E-state index < -0.39 is 0 Å². The summed E-state index contributed by atoms with van der Waals surface area (Å²) in [6.07, 6.45) is 3.55. The quantitative estimate of drug-likeness (QED) is 0.388. The molecule has 5 aromatic rings. The van der Waals surface area contributed by atoms with Crippen LogP contribution in [0.5, 0.6) is 5.88 Å². The lowest BCUT2D eigenvalue weighted by Crippen LogP contribution is -2.15. The van der Waals surface area contributed by atoms with Gasteiger partial charge in [-0.05, 0) is 43.5 Å². The minimum Gasteiger partial charge on any atom is -0.479 e. The summed E-state index contributed by atoms with van der Waals surface area (Å²) in [6.45, 7) is 3.94. The molecule has 0 saturated heterocycles. The monoisotopic (exact) mass is 472 g/mol. The number of fused-ring (bicyclic) bond motifs is 2. The number of benzene rings is 1.